The highest BCUT2D eigenvalue weighted by atomic mass is 32.2. The molecule has 2 fully saturated rings. The standard InChI is InChI=1S/C31H31F3N6O5S/c1-18-6-7-21-22(8-9-24(32)26(21)39-46(43,44)17-19-10-12-31(19,33)34)27(18)45-28-23(5-2-13-35-28)25-11-14-36-29(38-25)37-20-4-3-15-40(16-20)30(41)42/h2,5-9,11,13-14,19-20,39H,3-4,10,12,15-17H2,1H3,(H,41,42)(H,36,37,38)/t19-,20+/m1/s1. The van der Waals surface area contributed by atoms with Gasteiger partial charge in [-0.2, -0.15) is 0 Å². The van der Waals surface area contributed by atoms with E-state index in [1.165, 1.54) is 23.2 Å². The van der Waals surface area contributed by atoms with Crippen molar-refractivity contribution >= 4 is 38.5 Å². The minimum atomic E-state index is -4.30. The lowest BCUT2D eigenvalue weighted by Gasteiger charge is -2.35. The first-order chi connectivity index (χ1) is 21.9. The van der Waals surface area contributed by atoms with Gasteiger partial charge in [0, 0.05) is 54.6 Å². The van der Waals surface area contributed by atoms with Crippen molar-refractivity contribution in [3.63, 3.8) is 0 Å². The first-order valence-corrected chi connectivity index (χ1v) is 16.4. The summed E-state index contributed by atoms with van der Waals surface area (Å²) in [4.78, 5) is 26.1. The Morgan fingerprint density at radius 3 is 2.65 bits per heavy atom. The fourth-order valence-electron chi connectivity index (χ4n) is 5.73. The third kappa shape index (κ3) is 6.50. The van der Waals surface area contributed by atoms with Crippen LogP contribution in [0.2, 0.25) is 0 Å². The van der Waals surface area contributed by atoms with Crippen molar-refractivity contribution in [3.05, 3.63) is 66.2 Å². The molecule has 0 unspecified atom stereocenters. The van der Waals surface area contributed by atoms with Crippen molar-refractivity contribution in [2.24, 2.45) is 5.92 Å². The van der Waals surface area contributed by atoms with E-state index in [0.717, 1.165) is 12.5 Å². The Bertz CT molecular complexity index is 1910. The van der Waals surface area contributed by atoms with E-state index in [2.05, 4.69) is 25.0 Å². The molecule has 4 aromatic rings. The summed E-state index contributed by atoms with van der Waals surface area (Å²) in [6.07, 6.45) is 3.27. The average molecular weight is 657 g/mol. The summed E-state index contributed by atoms with van der Waals surface area (Å²) in [7, 11) is -4.30. The molecule has 1 aliphatic heterocycles. The second kappa shape index (κ2) is 12.3. The van der Waals surface area contributed by atoms with Gasteiger partial charge in [0.15, 0.2) is 0 Å². The molecule has 2 atom stereocenters. The van der Waals surface area contributed by atoms with E-state index in [0.29, 0.717) is 47.7 Å². The number of benzene rings is 2. The molecule has 0 spiro atoms. The van der Waals surface area contributed by atoms with Crippen LogP contribution in [0.3, 0.4) is 0 Å². The SMILES string of the molecule is Cc1ccc2c(NS(=O)(=O)C[C@H]3CCC3(F)F)c(F)ccc2c1Oc1ncccc1-c1ccnc(N[C@H]2CCCN(C(=O)O)C2)n1. The van der Waals surface area contributed by atoms with Crippen molar-refractivity contribution in [1.82, 2.24) is 19.9 Å². The fourth-order valence-corrected chi connectivity index (χ4v) is 7.27. The van der Waals surface area contributed by atoms with Crippen LogP contribution in [0, 0.1) is 18.7 Å². The van der Waals surface area contributed by atoms with Crippen molar-refractivity contribution in [3.8, 4) is 22.9 Å². The van der Waals surface area contributed by atoms with Crippen LogP contribution in [0.25, 0.3) is 22.0 Å². The molecule has 242 valence electrons. The van der Waals surface area contributed by atoms with Crippen molar-refractivity contribution < 1.29 is 36.2 Å². The molecule has 0 bridgehead atoms. The maximum atomic E-state index is 15.1. The number of aryl methyl sites for hydroxylation is 1. The number of carboxylic acid groups (broad SMARTS) is 1. The van der Waals surface area contributed by atoms with Gasteiger partial charge in [-0.1, -0.05) is 12.1 Å². The predicted molar refractivity (Wildman–Crippen MR) is 165 cm³/mol. The number of hydrogen-bond donors (Lipinski definition) is 3. The number of piperidine rings is 1. The molecular weight excluding hydrogens is 625 g/mol. The zero-order valence-corrected chi connectivity index (χ0v) is 25.5. The second-order valence-electron chi connectivity index (χ2n) is 11.5. The van der Waals surface area contributed by atoms with Crippen molar-refractivity contribution in [2.45, 2.75) is 44.6 Å². The van der Waals surface area contributed by atoms with Crippen LogP contribution in [-0.4, -0.2) is 70.3 Å². The predicted octanol–water partition coefficient (Wildman–Crippen LogP) is 6.27. The van der Waals surface area contributed by atoms with E-state index in [4.69, 9.17) is 4.74 Å². The molecule has 46 heavy (non-hydrogen) atoms. The topological polar surface area (TPSA) is 147 Å². The van der Waals surface area contributed by atoms with Gasteiger partial charge in [-0.15, -0.1) is 0 Å². The summed E-state index contributed by atoms with van der Waals surface area (Å²) in [6.45, 7) is 2.54. The fraction of sp³-hybridized carbons (Fsp3) is 0.355. The van der Waals surface area contributed by atoms with Crippen LogP contribution < -0.4 is 14.8 Å². The molecule has 1 aliphatic carbocycles. The van der Waals surface area contributed by atoms with Gasteiger partial charge in [-0.05, 0) is 62.1 Å². The van der Waals surface area contributed by atoms with Gasteiger partial charge in [0.25, 0.3) is 5.92 Å². The molecule has 6 rings (SSSR count). The maximum absolute atomic E-state index is 15.1. The number of halogens is 3. The molecule has 1 amide bonds. The molecular formula is C31H31F3N6O5S. The largest absolute Gasteiger partial charge is 0.465 e. The molecule has 3 heterocycles. The molecule has 2 aliphatic rings. The van der Waals surface area contributed by atoms with E-state index in [-0.39, 0.29) is 41.6 Å². The number of anilines is 2. The zero-order chi connectivity index (χ0) is 32.6. The van der Waals surface area contributed by atoms with Crippen molar-refractivity contribution in [1.29, 1.82) is 0 Å². The summed E-state index contributed by atoms with van der Waals surface area (Å²) >= 11 is 0. The molecule has 11 nitrogen and oxygen atoms in total. The van der Waals surface area contributed by atoms with E-state index in [1.54, 1.807) is 37.4 Å². The Morgan fingerprint density at radius 1 is 1.11 bits per heavy atom. The Kier molecular flexibility index (Phi) is 8.35. The van der Waals surface area contributed by atoms with Crippen LogP contribution >= 0.6 is 0 Å². The smallest absolute Gasteiger partial charge is 0.407 e. The Hall–Kier alpha value is -4.66. The van der Waals surface area contributed by atoms with Gasteiger partial charge < -0.3 is 20.1 Å². The molecule has 15 heteroatoms. The van der Waals surface area contributed by atoms with Crippen LogP contribution in [0.1, 0.15) is 31.2 Å². The number of sulfonamides is 1. The van der Waals surface area contributed by atoms with Crippen molar-refractivity contribution in [2.75, 3.05) is 28.9 Å². The number of hydrogen-bond acceptors (Lipinski definition) is 8. The number of pyridine rings is 1. The lowest BCUT2D eigenvalue weighted by molar-refractivity contribution is -0.122. The molecule has 1 saturated heterocycles. The zero-order valence-electron chi connectivity index (χ0n) is 24.7. The van der Waals surface area contributed by atoms with E-state index in [1.807, 2.05) is 0 Å². The highest BCUT2D eigenvalue weighted by molar-refractivity contribution is 7.92. The number of alkyl halides is 2. The van der Waals surface area contributed by atoms with Crippen LogP contribution in [0.4, 0.5) is 29.6 Å². The number of likely N-dealkylation sites (tertiary alicyclic amines) is 1. The minimum absolute atomic E-state index is 0.0727. The number of fused-ring (bicyclic) bond motifs is 1. The molecule has 1 saturated carbocycles. The number of carbonyl (C=O) groups is 1. The molecule has 2 aromatic heterocycles. The summed E-state index contributed by atoms with van der Waals surface area (Å²) in [6, 6.07) is 10.7. The first kappa shape index (κ1) is 31.3. The number of amides is 1. The number of nitrogens with one attached hydrogen (secondary N) is 2. The molecule has 2 aromatic carbocycles. The highest BCUT2D eigenvalue weighted by Crippen LogP contribution is 2.45. The summed E-state index contributed by atoms with van der Waals surface area (Å²) < 4.78 is 76.9. The van der Waals surface area contributed by atoms with Gasteiger partial charge in [-0.25, -0.2) is 41.3 Å². The van der Waals surface area contributed by atoms with Crippen LogP contribution in [0.15, 0.2) is 54.9 Å². The Balaban J connectivity index is 1.29. The lowest BCUT2D eigenvalue weighted by atomic mass is 9.82. The number of rotatable bonds is 9. The second-order valence-corrected chi connectivity index (χ2v) is 13.3. The third-order valence-electron chi connectivity index (χ3n) is 8.33. The highest BCUT2D eigenvalue weighted by Gasteiger charge is 2.50. The molecule has 3 N–H and O–H groups in total. The first-order valence-electron chi connectivity index (χ1n) is 14.7. The van der Waals surface area contributed by atoms with Gasteiger partial charge >= 0.3 is 6.09 Å². The number of nitrogens with zero attached hydrogens (tertiary/aromatic N) is 4. The minimum Gasteiger partial charge on any atom is -0.465 e. The van der Waals surface area contributed by atoms with Gasteiger partial charge in [-0.3, -0.25) is 4.72 Å². The lowest BCUT2D eigenvalue weighted by Crippen LogP contribution is -2.44. The third-order valence-corrected chi connectivity index (χ3v) is 9.68. The normalized spacial score (nSPS) is 19.3. The summed E-state index contributed by atoms with van der Waals surface area (Å²) in [5, 5.41) is 13.1. The molecule has 0 radical (unpaired) electrons. The summed E-state index contributed by atoms with van der Waals surface area (Å²) in [5.41, 5.74) is 1.26. The van der Waals surface area contributed by atoms with E-state index < -0.39 is 39.5 Å². The van der Waals surface area contributed by atoms with Gasteiger partial charge in [0.05, 0.1) is 22.7 Å². The Morgan fingerprint density at radius 2 is 1.91 bits per heavy atom. The van der Waals surface area contributed by atoms with E-state index >= 15 is 4.39 Å². The monoisotopic (exact) mass is 656 g/mol. The summed E-state index contributed by atoms with van der Waals surface area (Å²) in [5.74, 6) is -5.33. The quantitative estimate of drug-likeness (QED) is 0.190. The van der Waals surface area contributed by atoms with Gasteiger partial charge in [0.1, 0.15) is 11.6 Å². The Labute approximate surface area is 262 Å². The maximum Gasteiger partial charge on any atom is 0.407 e. The number of ether oxygens (including phenoxy) is 1. The average Bonchev–Trinajstić information content (AvgIpc) is 3.02. The van der Waals surface area contributed by atoms with Crippen LogP contribution in [-0.2, 0) is 10.0 Å². The van der Waals surface area contributed by atoms with Gasteiger partial charge in [0.2, 0.25) is 21.9 Å². The van der Waals surface area contributed by atoms with Crippen LogP contribution in [0.5, 0.6) is 11.6 Å². The van der Waals surface area contributed by atoms with E-state index in [9.17, 15) is 27.1 Å². The number of aromatic nitrogens is 3.